The predicted octanol–water partition coefficient (Wildman–Crippen LogP) is 2.49. The van der Waals surface area contributed by atoms with Crippen molar-refractivity contribution in [3.05, 3.63) is 36.4 Å². The molecule has 1 aromatic carbocycles. The molecular formula is C21H30N6O2. The minimum Gasteiger partial charge on any atom is -0.444 e. The van der Waals surface area contributed by atoms with Gasteiger partial charge in [0, 0.05) is 44.8 Å². The summed E-state index contributed by atoms with van der Waals surface area (Å²) < 4.78 is 5.27. The van der Waals surface area contributed by atoms with Crippen LogP contribution in [0.15, 0.2) is 36.4 Å². The first kappa shape index (κ1) is 20.9. The molecule has 8 heteroatoms. The second-order valence-electron chi connectivity index (χ2n) is 7.93. The summed E-state index contributed by atoms with van der Waals surface area (Å²) in [7, 11) is 0. The van der Waals surface area contributed by atoms with Crippen LogP contribution in [0.3, 0.4) is 0 Å². The number of benzene rings is 1. The van der Waals surface area contributed by atoms with E-state index < -0.39 is 11.7 Å². The SMILES string of the molecule is CC(C)(C)OC(=O)NCCNc1cc(-c2ccccc2)nnc1N1CCNCC1. The fourth-order valence-corrected chi connectivity index (χ4v) is 3.05. The minimum absolute atomic E-state index is 0.417. The standard InChI is InChI=1S/C21H30N6O2/c1-21(2,3)29-20(28)24-10-9-23-18-15-17(16-7-5-4-6-8-16)25-26-19(18)27-13-11-22-12-14-27/h4-8,15,22H,9-14H2,1-3H3,(H,23,25)(H,24,28). The molecule has 1 aromatic heterocycles. The highest BCUT2D eigenvalue weighted by molar-refractivity contribution is 5.72. The van der Waals surface area contributed by atoms with E-state index in [2.05, 4.69) is 31.0 Å². The molecule has 156 valence electrons. The lowest BCUT2D eigenvalue weighted by molar-refractivity contribution is 0.0530. The van der Waals surface area contributed by atoms with Crippen LogP contribution in [0.1, 0.15) is 20.8 Å². The molecule has 1 aliphatic heterocycles. The molecule has 8 nitrogen and oxygen atoms in total. The van der Waals surface area contributed by atoms with Gasteiger partial charge in [0.25, 0.3) is 0 Å². The largest absolute Gasteiger partial charge is 0.444 e. The topological polar surface area (TPSA) is 91.4 Å². The van der Waals surface area contributed by atoms with Crippen LogP contribution in [0.2, 0.25) is 0 Å². The van der Waals surface area contributed by atoms with E-state index in [-0.39, 0.29) is 0 Å². The van der Waals surface area contributed by atoms with Crippen LogP contribution < -0.4 is 20.9 Å². The number of carbonyl (C=O) groups excluding carboxylic acids is 1. The Kier molecular flexibility index (Phi) is 6.87. The second-order valence-corrected chi connectivity index (χ2v) is 7.93. The van der Waals surface area contributed by atoms with Crippen molar-refractivity contribution in [1.82, 2.24) is 20.8 Å². The Morgan fingerprint density at radius 1 is 1.14 bits per heavy atom. The van der Waals surface area contributed by atoms with E-state index in [0.717, 1.165) is 48.9 Å². The van der Waals surface area contributed by atoms with Crippen molar-refractivity contribution in [2.24, 2.45) is 0 Å². The molecule has 1 amide bonds. The van der Waals surface area contributed by atoms with Gasteiger partial charge in [0.05, 0.1) is 11.4 Å². The van der Waals surface area contributed by atoms with Gasteiger partial charge in [-0.05, 0) is 26.8 Å². The molecule has 0 bridgehead atoms. The first-order valence-electron chi connectivity index (χ1n) is 10.0. The third kappa shape index (κ3) is 6.32. The first-order valence-corrected chi connectivity index (χ1v) is 10.0. The van der Waals surface area contributed by atoms with Crippen molar-refractivity contribution < 1.29 is 9.53 Å². The van der Waals surface area contributed by atoms with Gasteiger partial charge in [-0.1, -0.05) is 30.3 Å². The average Bonchev–Trinajstić information content (AvgIpc) is 2.71. The number of carbonyl (C=O) groups is 1. The highest BCUT2D eigenvalue weighted by atomic mass is 16.6. The number of hydrogen-bond acceptors (Lipinski definition) is 7. The van der Waals surface area contributed by atoms with Crippen molar-refractivity contribution in [3.63, 3.8) is 0 Å². The summed E-state index contributed by atoms with van der Waals surface area (Å²) in [5.74, 6) is 0.837. The van der Waals surface area contributed by atoms with E-state index in [1.54, 1.807) is 0 Å². The number of nitrogens with one attached hydrogen (secondary N) is 3. The van der Waals surface area contributed by atoms with E-state index in [1.165, 1.54) is 0 Å². The lowest BCUT2D eigenvalue weighted by Gasteiger charge is -2.29. The highest BCUT2D eigenvalue weighted by Crippen LogP contribution is 2.27. The molecule has 29 heavy (non-hydrogen) atoms. The Bertz CT molecular complexity index is 801. The summed E-state index contributed by atoms with van der Waals surface area (Å²) in [6, 6.07) is 12.0. The Balaban J connectivity index is 1.69. The van der Waals surface area contributed by atoms with Crippen LogP contribution >= 0.6 is 0 Å². The summed E-state index contributed by atoms with van der Waals surface area (Å²) >= 11 is 0. The summed E-state index contributed by atoms with van der Waals surface area (Å²) in [4.78, 5) is 14.0. The van der Waals surface area contributed by atoms with Gasteiger partial charge in [-0.3, -0.25) is 0 Å². The minimum atomic E-state index is -0.507. The quantitative estimate of drug-likeness (QED) is 0.644. The Morgan fingerprint density at radius 3 is 2.55 bits per heavy atom. The third-order valence-corrected chi connectivity index (χ3v) is 4.37. The average molecular weight is 399 g/mol. The molecule has 1 fully saturated rings. The Labute approximate surface area is 172 Å². The Morgan fingerprint density at radius 2 is 1.86 bits per heavy atom. The number of hydrogen-bond donors (Lipinski definition) is 3. The second kappa shape index (κ2) is 9.56. The predicted molar refractivity (Wildman–Crippen MR) is 115 cm³/mol. The zero-order valence-corrected chi connectivity index (χ0v) is 17.4. The maximum atomic E-state index is 11.8. The lowest BCUT2D eigenvalue weighted by atomic mass is 10.1. The van der Waals surface area contributed by atoms with Crippen LogP contribution in [0.4, 0.5) is 16.3 Å². The fraction of sp³-hybridized carbons (Fsp3) is 0.476. The van der Waals surface area contributed by atoms with Crippen molar-refractivity contribution >= 4 is 17.6 Å². The van der Waals surface area contributed by atoms with Crippen LogP contribution in [-0.4, -0.2) is 61.2 Å². The summed E-state index contributed by atoms with van der Waals surface area (Å²) in [5, 5.41) is 18.5. The Hall–Kier alpha value is -2.87. The van der Waals surface area contributed by atoms with Crippen molar-refractivity contribution in [3.8, 4) is 11.3 Å². The zero-order chi connectivity index (χ0) is 20.7. The maximum Gasteiger partial charge on any atom is 0.407 e. The van der Waals surface area contributed by atoms with E-state index in [4.69, 9.17) is 4.74 Å². The molecule has 1 saturated heterocycles. The van der Waals surface area contributed by atoms with Crippen LogP contribution in [0, 0.1) is 0 Å². The number of nitrogens with zero attached hydrogens (tertiary/aromatic N) is 3. The number of anilines is 2. The van der Waals surface area contributed by atoms with E-state index in [0.29, 0.717) is 13.1 Å². The number of aromatic nitrogens is 2. The van der Waals surface area contributed by atoms with Crippen LogP contribution in [0.25, 0.3) is 11.3 Å². The van der Waals surface area contributed by atoms with Crippen LogP contribution in [0.5, 0.6) is 0 Å². The van der Waals surface area contributed by atoms with Gasteiger partial charge in [-0.15, -0.1) is 10.2 Å². The molecule has 2 heterocycles. The van der Waals surface area contributed by atoms with Gasteiger partial charge in [-0.2, -0.15) is 0 Å². The number of alkyl carbamates (subject to hydrolysis) is 1. The number of rotatable bonds is 6. The molecule has 0 radical (unpaired) electrons. The van der Waals surface area contributed by atoms with Crippen molar-refractivity contribution in [2.45, 2.75) is 26.4 Å². The fourth-order valence-electron chi connectivity index (χ4n) is 3.05. The van der Waals surface area contributed by atoms with Crippen LogP contribution in [-0.2, 0) is 4.74 Å². The first-order chi connectivity index (χ1) is 13.9. The molecule has 0 aliphatic carbocycles. The smallest absolute Gasteiger partial charge is 0.407 e. The molecule has 3 rings (SSSR count). The van der Waals surface area contributed by atoms with Gasteiger partial charge in [0.1, 0.15) is 5.60 Å². The maximum absolute atomic E-state index is 11.8. The van der Waals surface area contributed by atoms with E-state index in [1.807, 2.05) is 57.2 Å². The molecule has 0 unspecified atom stereocenters. The van der Waals surface area contributed by atoms with Crippen molar-refractivity contribution in [1.29, 1.82) is 0 Å². The molecular weight excluding hydrogens is 368 g/mol. The number of amides is 1. The summed E-state index contributed by atoms with van der Waals surface area (Å²) in [6.07, 6.45) is -0.417. The van der Waals surface area contributed by atoms with E-state index in [9.17, 15) is 4.79 Å². The summed E-state index contributed by atoms with van der Waals surface area (Å²) in [6.45, 7) is 10.1. The normalized spacial score (nSPS) is 14.4. The van der Waals surface area contributed by atoms with Gasteiger partial charge >= 0.3 is 6.09 Å². The monoisotopic (exact) mass is 398 g/mol. The molecule has 0 spiro atoms. The molecule has 0 atom stereocenters. The molecule has 0 saturated carbocycles. The molecule has 1 aliphatic rings. The van der Waals surface area contributed by atoms with Gasteiger partial charge < -0.3 is 25.6 Å². The van der Waals surface area contributed by atoms with Gasteiger partial charge in [0.2, 0.25) is 0 Å². The number of piperazine rings is 1. The summed E-state index contributed by atoms with van der Waals surface area (Å²) in [5.41, 5.74) is 2.23. The zero-order valence-electron chi connectivity index (χ0n) is 17.4. The lowest BCUT2D eigenvalue weighted by Crippen LogP contribution is -2.44. The van der Waals surface area contributed by atoms with Gasteiger partial charge in [-0.25, -0.2) is 4.79 Å². The molecule has 2 aromatic rings. The number of ether oxygens (including phenoxy) is 1. The van der Waals surface area contributed by atoms with Crippen molar-refractivity contribution in [2.75, 3.05) is 49.5 Å². The third-order valence-electron chi connectivity index (χ3n) is 4.37. The van der Waals surface area contributed by atoms with E-state index >= 15 is 0 Å². The van der Waals surface area contributed by atoms with Gasteiger partial charge in [0.15, 0.2) is 5.82 Å². The molecule has 3 N–H and O–H groups in total. The highest BCUT2D eigenvalue weighted by Gasteiger charge is 2.18.